The van der Waals surface area contributed by atoms with Crippen LogP contribution in [-0.4, -0.2) is 79.0 Å². The second-order valence-electron chi connectivity index (χ2n) is 9.17. The van der Waals surface area contributed by atoms with Crippen molar-refractivity contribution in [2.45, 2.75) is 39.2 Å². The second kappa shape index (κ2) is 9.92. The average molecular weight is 414 g/mol. The number of rotatable bonds is 6. The number of morpholine rings is 1. The molecule has 4 rings (SSSR count). The van der Waals surface area contributed by atoms with E-state index in [9.17, 15) is 9.59 Å². The lowest BCUT2D eigenvalue weighted by Gasteiger charge is -2.35. The van der Waals surface area contributed by atoms with Crippen LogP contribution in [0.2, 0.25) is 0 Å². The summed E-state index contributed by atoms with van der Waals surface area (Å²) >= 11 is 0. The van der Waals surface area contributed by atoms with Gasteiger partial charge in [-0.15, -0.1) is 0 Å². The molecule has 0 bridgehead atoms. The van der Waals surface area contributed by atoms with Crippen LogP contribution < -0.4 is 0 Å². The zero-order chi connectivity index (χ0) is 20.9. The van der Waals surface area contributed by atoms with E-state index in [0.717, 1.165) is 64.3 Å². The van der Waals surface area contributed by atoms with Crippen LogP contribution in [0.4, 0.5) is 0 Å². The van der Waals surface area contributed by atoms with Gasteiger partial charge in [-0.05, 0) is 44.2 Å². The molecule has 1 unspecified atom stereocenters. The summed E-state index contributed by atoms with van der Waals surface area (Å²) in [4.78, 5) is 31.9. The van der Waals surface area contributed by atoms with Crippen molar-refractivity contribution in [3.63, 3.8) is 0 Å². The van der Waals surface area contributed by atoms with Crippen molar-refractivity contribution in [1.29, 1.82) is 0 Å². The fourth-order valence-corrected chi connectivity index (χ4v) is 4.89. The van der Waals surface area contributed by atoms with Crippen LogP contribution in [-0.2, 0) is 20.9 Å². The lowest BCUT2D eigenvalue weighted by atomic mass is 9.92. The fourth-order valence-electron chi connectivity index (χ4n) is 4.89. The van der Waals surface area contributed by atoms with Crippen molar-refractivity contribution >= 4 is 11.8 Å². The van der Waals surface area contributed by atoms with E-state index in [0.29, 0.717) is 25.4 Å². The molecule has 6 heteroatoms. The van der Waals surface area contributed by atoms with Gasteiger partial charge >= 0.3 is 0 Å². The molecule has 0 spiro atoms. The van der Waals surface area contributed by atoms with E-state index < -0.39 is 0 Å². The number of benzene rings is 1. The summed E-state index contributed by atoms with van der Waals surface area (Å²) in [6, 6.07) is 8.28. The molecule has 0 aliphatic carbocycles. The molecule has 1 aromatic carbocycles. The molecule has 164 valence electrons. The molecular formula is C24H35N3O3. The summed E-state index contributed by atoms with van der Waals surface area (Å²) in [6.45, 7) is 9.86. The number of amides is 2. The third-order valence-corrected chi connectivity index (χ3v) is 6.94. The summed E-state index contributed by atoms with van der Waals surface area (Å²) in [6.07, 6.45) is 3.75. The van der Waals surface area contributed by atoms with E-state index >= 15 is 0 Å². The van der Waals surface area contributed by atoms with Crippen molar-refractivity contribution in [3.05, 3.63) is 35.4 Å². The van der Waals surface area contributed by atoms with Crippen molar-refractivity contribution in [3.8, 4) is 0 Å². The summed E-state index contributed by atoms with van der Waals surface area (Å²) in [7, 11) is 0. The maximum Gasteiger partial charge on any atom is 0.227 e. The van der Waals surface area contributed by atoms with E-state index in [1.54, 1.807) is 0 Å². The molecule has 3 fully saturated rings. The number of hydrogen-bond acceptors (Lipinski definition) is 4. The second-order valence-corrected chi connectivity index (χ2v) is 9.17. The molecule has 0 aromatic heterocycles. The molecular weight excluding hydrogens is 378 g/mol. The molecule has 0 radical (unpaired) electrons. The maximum absolute atomic E-state index is 13.0. The number of nitrogens with zero attached hydrogens (tertiary/aromatic N) is 3. The van der Waals surface area contributed by atoms with Gasteiger partial charge in [-0.25, -0.2) is 0 Å². The standard InChI is InChI=1S/C24H35N3O3/c1-19-2-4-21(5-3-19)17-27-18-22(16-23(27)28)24(29)26-10-7-20(8-11-26)6-9-25-12-14-30-15-13-25/h2-5,20,22H,6-18H2,1H3. The minimum atomic E-state index is -0.173. The summed E-state index contributed by atoms with van der Waals surface area (Å²) in [5.41, 5.74) is 2.34. The van der Waals surface area contributed by atoms with E-state index in [-0.39, 0.29) is 17.7 Å². The van der Waals surface area contributed by atoms with Crippen LogP contribution in [0.1, 0.15) is 36.8 Å². The first-order chi connectivity index (χ1) is 14.6. The molecule has 1 atom stereocenters. The Balaban J connectivity index is 1.21. The van der Waals surface area contributed by atoms with E-state index in [1.165, 1.54) is 12.0 Å². The molecule has 1 aromatic rings. The quantitative estimate of drug-likeness (QED) is 0.718. The number of ether oxygens (including phenoxy) is 1. The minimum absolute atomic E-state index is 0.106. The van der Waals surface area contributed by atoms with Crippen LogP contribution in [0.15, 0.2) is 24.3 Å². The van der Waals surface area contributed by atoms with Gasteiger partial charge in [0.2, 0.25) is 11.8 Å². The molecule has 0 saturated carbocycles. The highest BCUT2D eigenvalue weighted by molar-refractivity contribution is 5.89. The molecule has 6 nitrogen and oxygen atoms in total. The largest absolute Gasteiger partial charge is 0.379 e. The summed E-state index contributed by atoms with van der Waals surface area (Å²) in [5, 5.41) is 0. The highest BCUT2D eigenvalue weighted by atomic mass is 16.5. The van der Waals surface area contributed by atoms with E-state index in [4.69, 9.17) is 4.74 Å². The van der Waals surface area contributed by atoms with Gasteiger partial charge in [-0.3, -0.25) is 14.5 Å². The van der Waals surface area contributed by atoms with Crippen LogP contribution >= 0.6 is 0 Å². The smallest absolute Gasteiger partial charge is 0.227 e. The predicted octanol–water partition coefficient (Wildman–Crippen LogP) is 2.30. The molecule has 3 heterocycles. The van der Waals surface area contributed by atoms with Crippen molar-refractivity contribution < 1.29 is 14.3 Å². The third kappa shape index (κ3) is 5.41. The Labute approximate surface area is 180 Å². The van der Waals surface area contributed by atoms with Gasteiger partial charge in [0.15, 0.2) is 0 Å². The maximum atomic E-state index is 13.0. The number of aryl methyl sites for hydroxylation is 1. The number of hydrogen-bond donors (Lipinski definition) is 0. The van der Waals surface area contributed by atoms with E-state index in [2.05, 4.69) is 36.1 Å². The van der Waals surface area contributed by atoms with Gasteiger partial charge in [0.25, 0.3) is 0 Å². The average Bonchev–Trinajstić information content (AvgIpc) is 3.14. The Morgan fingerprint density at radius 3 is 2.47 bits per heavy atom. The molecule has 3 aliphatic rings. The normalized spacial score (nSPS) is 23.9. The minimum Gasteiger partial charge on any atom is -0.379 e. The van der Waals surface area contributed by atoms with Gasteiger partial charge in [0.05, 0.1) is 19.1 Å². The Kier molecular flexibility index (Phi) is 7.05. The van der Waals surface area contributed by atoms with Crippen molar-refractivity contribution in [2.75, 3.05) is 52.5 Å². The van der Waals surface area contributed by atoms with Gasteiger partial charge in [0, 0.05) is 45.7 Å². The van der Waals surface area contributed by atoms with Crippen LogP contribution in [0.25, 0.3) is 0 Å². The molecule has 30 heavy (non-hydrogen) atoms. The fraction of sp³-hybridized carbons (Fsp3) is 0.667. The first-order valence-electron chi connectivity index (χ1n) is 11.5. The summed E-state index contributed by atoms with van der Waals surface area (Å²) in [5.74, 6) is 0.823. The Morgan fingerprint density at radius 2 is 1.77 bits per heavy atom. The Hall–Kier alpha value is -1.92. The monoisotopic (exact) mass is 413 g/mol. The topological polar surface area (TPSA) is 53.1 Å². The third-order valence-electron chi connectivity index (χ3n) is 6.94. The SMILES string of the molecule is Cc1ccc(CN2CC(C(=O)N3CCC(CCN4CCOCC4)CC3)CC2=O)cc1. The molecule has 3 aliphatic heterocycles. The molecule has 3 saturated heterocycles. The highest BCUT2D eigenvalue weighted by Gasteiger charge is 2.37. The number of likely N-dealkylation sites (tertiary alicyclic amines) is 2. The number of piperidine rings is 1. The lowest BCUT2D eigenvalue weighted by Crippen LogP contribution is -2.43. The highest BCUT2D eigenvalue weighted by Crippen LogP contribution is 2.26. The van der Waals surface area contributed by atoms with Gasteiger partial charge in [-0.2, -0.15) is 0 Å². The number of carbonyl (C=O) groups excluding carboxylic acids is 2. The molecule has 2 amide bonds. The Morgan fingerprint density at radius 1 is 1.07 bits per heavy atom. The summed E-state index contributed by atoms with van der Waals surface area (Å²) < 4.78 is 5.42. The molecule has 0 N–H and O–H groups in total. The van der Waals surface area contributed by atoms with Crippen LogP contribution in [0.3, 0.4) is 0 Å². The zero-order valence-electron chi connectivity index (χ0n) is 18.2. The Bertz CT molecular complexity index is 722. The van der Waals surface area contributed by atoms with Gasteiger partial charge in [0.1, 0.15) is 0 Å². The van der Waals surface area contributed by atoms with Crippen LogP contribution in [0, 0.1) is 18.8 Å². The van der Waals surface area contributed by atoms with Crippen molar-refractivity contribution in [1.82, 2.24) is 14.7 Å². The number of carbonyl (C=O) groups is 2. The van der Waals surface area contributed by atoms with Crippen molar-refractivity contribution in [2.24, 2.45) is 11.8 Å². The lowest BCUT2D eigenvalue weighted by molar-refractivity contribution is -0.137. The predicted molar refractivity (Wildman–Crippen MR) is 116 cm³/mol. The first-order valence-corrected chi connectivity index (χ1v) is 11.5. The van der Waals surface area contributed by atoms with Crippen LogP contribution in [0.5, 0.6) is 0 Å². The van der Waals surface area contributed by atoms with Gasteiger partial charge < -0.3 is 14.5 Å². The first kappa shape index (κ1) is 21.3. The zero-order valence-corrected chi connectivity index (χ0v) is 18.2. The van der Waals surface area contributed by atoms with E-state index in [1.807, 2.05) is 9.80 Å². The van der Waals surface area contributed by atoms with Gasteiger partial charge in [-0.1, -0.05) is 29.8 Å².